The van der Waals surface area contributed by atoms with Gasteiger partial charge >= 0.3 is 5.97 Å². The zero-order valence-corrected chi connectivity index (χ0v) is 18.9. The number of anilines is 1. The van der Waals surface area contributed by atoms with Crippen LogP contribution in [0.5, 0.6) is 0 Å². The summed E-state index contributed by atoms with van der Waals surface area (Å²) in [7, 11) is 0. The molecule has 0 radical (unpaired) electrons. The zero-order chi connectivity index (χ0) is 22.9. The lowest BCUT2D eigenvalue weighted by molar-refractivity contribution is -0.155. The van der Waals surface area contributed by atoms with E-state index in [4.69, 9.17) is 16.3 Å². The van der Waals surface area contributed by atoms with E-state index < -0.39 is 24.5 Å². The zero-order valence-electron chi connectivity index (χ0n) is 17.3. The first kappa shape index (κ1) is 22.4. The molecule has 0 aliphatic carbocycles. The van der Waals surface area contributed by atoms with E-state index in [1.807, 2.05) is 6.92 Å². The van der Waals surface area contributed by atoms with Gasteiger partial charge in [-0.2, -0.15) is 0 Å². The summed E-state index contributed by atoms with van der Waals surface area (Å²) in [6.07, 6.45) is 1.10. The van der Waals surface area contributed by atoms with Crippen LogP contribution in [0.25, 0.3) is 0 Å². The van der Waals surface area contributed by atoms with Crippen LogP contribution in [-0.2, 0) is 19.1 Å². The van der Waals surface area contributed by atoms with Crippen molar-refractivity contribution in [3.63, 3.8) is 0 Å². The topological polar surface area (TPSA) is 92.8 Å². The second kappa shape index (κ2) is 8.96. The molecule has 2 saturated heterocycles. The normalized spacial score (nSPS) is 21.9. The molecule has 0 unspecified atom stereocenters. The van der Waals surface area contributed by atoms with Crippen molar-refractivity contribution in [1.29, 1.82) is 0 Å². The molecule has 0 spiro atoms. The third-order valence-electron chi connectivity index (χ3n) is 5.60. The maximum Gasteiger partial charge on any atom is 0.330 e. The van der Waals surface area contributed by atoms with Gasteiger partial charge in [0.15, 0.2) is 12.4 Å². The van der Waals surface area contributed by atoms with Crippen LogP contribution in [-0.4, -0.2) is 51.7 Å². The Morgan fingerprint density at radius 3 is 2.72 bits per heavy atom. The lowest BCUT2D eigenvalue weighted by Gasteiger charge is -2.29. The van der Waals surface area contributed by atoms with Gasteiger partial charge in [0.25, 0.3) is 5.91 Å². The number of benzene rings is 2. The molecule has 2 aromatic rings. The van der Waals surface area contributed by atoms with Crippen LogP contribution in [0.4, 0.5) is 5.69 Å². The minimum absolute atomic E-state index is 0.0749. The first-order valence-electron chi connectivity index (χ1n) is 10.1. The van der Waals surface area contributed by atoms with Crippen molar-refractivity contribution < 1.29 is 23.9 Å². The van der Waals surface area contributed by atoms with Gasteiger partial charge in [-0.1, -0.05) is 41.9 Å². The van der Waals surface area contributed by atoms with Crippen LogP contribution >= 0.6 is 23.4 Å². The van der Waals surface area contributed by atoms with Gasteiger partial charge in [-0.3, -0.25) is 14.4 Å². The lowest BCUT2D eigenvalue weighted by atomic mass is 10.0. The molecule has 2 atom stereocenters. The van der Waals surface area contributed by atoms with Gasteiger partial charge in [-0.05, 0) is 31.5 Å². The van der Waals surface area contributed by atoms with Crippen LogP contribution in [0.1, 0.15) is 35.7 Å². The summed E-state index contributed by atoms with van der Waals surface area (Å²) in [5, 5.41) is 2.97. The molecule has 9 heteroatoms. The van der Waals surface area contributed by atoms with Crippen LogP contribution in [0.15, 0.2) is 48.5 Å². The lowest BCUT2D eigenvalue weighted by Crippen LogP contribution is -2.47. The number of thioether (sulfide) groups is 1. The predicted molar refractivity (Wildman–Crippen MR) is 122 cm³/mol. The number of ether oxygens (including phenoxy) is 1. The molecule has 0 aromatic heterocycles. The van der Waals surface area contributed by atoms with E-state index in [2.05, 4.69) is 5.32 Å². The van der Waals surface area contributed by atoms with E-state index in [1.165, 1.54) is 12.1 Å². The summed E-state index contributed by atoms with van der Waals surface area (Å²) in [6.45, 7) is 1.41. The maximum absolute atomic E-state index is 12.9. The van der Waals surface area contributed by atoms with Gasteiger partial charge in [-0.15, -0.1) is 11.8 Å². The first-order valence-corrected chi connectivity index (χ1v) is 11.5. The molecule has 2 aromatic carbocycles. The third-order valence-corrected chi connectivity index (χ3v) is 7.34. The molecular weight excluding hydrogens is 452 g/mol. The molecule has 166 valence electrons. The van der Waals surface area contributed by atoms with Crippen molar-refractivity contribution in [2.24, 2.45) is 0 Å². The maximum atomic E-state index is 12.9. The standard InChI is InChI=1S/C23H21ClN2O5S/c1-23-10-9-20(28)26(23)18(13-32-23)22(30)31-12-19(27)25-17-8-7-15(24)11-16(17)21(29)14-5-3-2-4-6-14/h2-8,11,18H,9-10,12-13H2,1H3,(H,25,27)/t18-,23+/m1/s1. The van der Waals surface area contributed by atoms with E-state index in [-0.39, 0.29) is 27.8 Å². The van der Waals surface area contributed by atoms with Crippen molar-refractivity contribution in [3.8, 4) is 0 Å². The second-order valence-electron chi connectivity index (χ2n) is 7.81. The molecule has 4 rings (SSSR count). The van der Waals surface area contributed by atoms with Crippen LogP contribution in [0.3, 0.4) is 0 Å². The average molecular weight is 473 g/mol. The van der Waals surface area contributed by atoms with E-state index in [0.29, 0.717) is 29.2 Å². The van der Waals surface area contributed by atoms with Crippen molar-refractivity contribution in [1.82, 2.24) is 4.90 Å². The number of nitrogens with one attached hydrogen (secondary N) is 1. The van der Waals surface area contributed by atoms with Crippen molar-refractivity contribution >= 4 is 52.6 Å². The number of esters is 1. The Bertz CT molecular complexity index is 1090. The van der Waals surface area contributed by atoms with Gasteiger partial charge < -0.3 is 15.0 Å². The molecule has 2 aliphatic heterocycles. The number of hydrogen-bond donors (Lipinski definition) is 1. The van der Waals surface area contributed by atoms with E-state index in [0.717, 1.165) is 0 Å². The fraction of sp³-hybridized carbons (Fsp3) is 0.304. The van der Waals surface area contributed by atoms with Gasteiger partial charge in [0, 0.05) is 28.3 Å². The Hall–Kier alpha value is -2.84. The fourth-order valence-electron chi connectivity index (χ4n) is 3.97. The smallest absolute Gasteiger partial charge is 0.330 e. The number of carbonyl (C=O) groups excluding carboxylic acids is 4. The molecule has 32 heavy (non-hydrogen) atoms. The summed E-state index contributed by atoms with van der Waals surface area (Å²) >= 11 is 7.61. The molecule has 2 fully saturated rings. The number of nitrogens with zero attached hydrogens (tertiary/aromatic N) is 1. The summed E-state index contributed by atoms with van der Waals surface area (Å²) in [6, 6.07) is 12.5. The molecule has 0 bridgehead atoms. The summed E-state index contributed by atoms with van der Waals surface area (Å²) in [5.74, 6) is -1.13. The Morgan fingerprint density at radius 1 is 1.22 bits per heavy atom. The number of amides is 2. The molecule has 0 saturated carbocycles. The summed E-state index contributed by atoms with van der Waals surface area (Å²) in [5.41, 5.74) is 0.950. The van der Waals surface area contributed by atoms with E-state index >= 15 is 0 Å². The van der Waals surface area contributed by atoms with Crippen LogP contribution < -0.4 is 5.32 Å². The quantitative estimate of drug-likeness (QED) is 0.511. The average Bonchev–Trinajstić information content (AvgIpc) is 3.29. The van der Waals surface area contributed by atoms with Gasteiger partial charge in [0.2, 0.25) is 5.91 Å². The van der Waals surface area contributed by atoms with E-state index in [9.17, 15) is 19.2 Å². The monoisotopic (exact) mass is 472 g/mol. The van der Waals surface area contributed by atoms with Crippen molar-refractivity contribution in [2.75, 3.05) is 17.7 Å². The summed E-state index contributed by atoms with van der Waals surface area (Å²) < 4.78 is 5.20. The number of hydrogen-bond acceptors (Lipinski definition) is 6. The highest BCUT2D eigenvalue weighted by atomic mass is 35.5. The number of carbonyl (C=O) groups is 4. The molecule has 2 heterocycles. The largest absolute Gasteiger partial charge is 0.454 e. The Morgan fingerprint density at radius 2 is 1.97 bits per heavy atom. The molecule has 7 nitrogen and oxygen atoms in total. The predicted octanol–water partition coefficient (Wildman–Crippen LogP) is 3.51. The van der Waals surface area contributed by atoms with Gasteiger partial charge in [0.05, 0.1) is 10.6 Å². The van der Waals surface area contributed by atoms with Crippen LogP contribution in [0, 0.1) is 0 Å². The highest BCUT2D eigenvalue weighted by Gasteiger charge is 2.53. The Balaban J connectivity index is 1.41. The SMILES string of the molecule is C[C@]12CCC(=O)N1[C@@H](C(=O)OCC(=O)Nc1ccc(Cl)cc1C(=O)c1ccccc1)CS2. The minimum Gasteiger partial charge on any atom is -0.454 e. The molecular formula is C23H21ClN2O5S. The highest BCUT2D eigenvalue weighted by Crippen LogP contribution is 2.47. The van der Waals surface area contributed by atoms with Gasteiger partial charge in [-0.25, -0.2) is 4.79 Å². The van der Waals surface area contributed by atoms with Crippen LogP contribution in [0.2, 0.25) is 5.02 Å². The minimum atomic E-state index is -0.696. The summed E-state index contributed by atoms with van der Waals surface area (Å²) in [4.78, 5) is 51.3. The third kappa shape index (κ3) is 4.38. The highest BCUT2D eigenvalue weighted by molar-refractivity contribution is 8.01. The Kier molecular flexibility index (Phi) is 6.26. The number of ketones is 1. The molecule has 1 N–H and O–H groups in total. The van der Waals surface area contributed by atoms with Crippen molar-refractivity contribution in [2.45, 2.75) is 30.7 Å². The number of halogens is 1. The first-order chi connectivity index (χ1) is 15.3. The Labute approximate surface area is 194 Å². The molecule has 2 aliphatic rings. The van der Waals surface area contributed by atoms with Gasteiger partial charge in [0.1, 0.15) is 6.04 Å². The van der Waals surface area contributed by atoms with Crippen molar-refractivity contribution in [3.05, 3.63) is 64.7 Å². The number of rotatable bonds is 6. The fourth-order valence-corrected chi connectivity index (χ4v) is 5.56. The molecule has 2 amide bonds. The van der Waals surface area contributed by atoms with E-state index in [1.54, 1.807) is 53.1 Å². The second-order valence-corrected chi connectivity index (χ2v) is 9.74. The number of fused-ring (bicyclic) bond motifs is 1.